The zero-order valence-corrected chi connectivity index (χ0v) is 20.6. The monoisotopic (exact) mass is 487 g/mol. The van der Waals surface area contributed by atoms with Crippen LogP contribution in [0, 0.1) is 0 Å². The molecule has 1 saturated heterocycles. The Bertz CT molecular complexity index is 986. The fourth-order valence-electron chi connectivity index (χ4n) is 4.36. The van der Waals surface area contributed by atoms with Gasteiger partial charge in [0.1, 0.15) is 6.10 Å². The van der Waals surface area contributed by atoms with E-state index >= 15 is 0 Å². The number of nitrogen functional groups attached to an aromatic ring is 1. The number of anilines is 1. The molecule has 0 aromatic carbocycles. The minimum atomic E-state index is -0.435. The van der Waals surface area contributed by atoms with Gasteiger partial charge in [-0.2, -0.15) is 0 Å². The average Bonchev–Trinajstić information content (AvgIpc) is 3.60. The van der Waals surface area contributed by atoms with Gasteiger partial charge in [0.15, 0.2) is 0 Å². The number of hydrogen-bond donors (Lipinski definition) is 2. The standard InChI is InChI=1S/C24H33N5O4S/c1-15(29(18-8-9-18)22(30)19-7-3-4-11-33-19)20-12-16(6-5-10-26-24(31)32-2)21(34-20)17-13-27-23(25)28-14-17/h12-15,18-19H,3-11H2,1-2H3,(H,26,31)(H2,25,27,28)/t15-,19-/m1/s1. The lowest BCUT2D eigenvalue weighted by Gasteiger charge is -2.33. The Hall–Kier alpha value is -2.72. The van der Waals surface area contributed by atoms with Crippen LogP contribution in [-0.2, 0) is 20.7 Å². The maximum atomic E-state index is 13.4. The van der Waals surface area contributed by atoms with E-state index in [1.165, 1.54) is 7.11 Å². The zero-order chi connectivity index (χ0) is 24.1. The number of ether oxygens (including phenoxy) is 2. The van der Waals surface area contributed by atoms with E-state index in [1.54, 1.807) is 23.7 Å². The first-order valence-electron chi connectivity index (χ1n) is 11.9. The third kappa shape index (κ3) is 5.85. The summed E-state index contributed by atoms with van der Waals surface area (Å²) in [5, 5.41) is 2.73. The van der Waals surface area contributed by atoms with Crippen LogP contribution in [0.4, 0.5) is 10.7 Å². The second-order valence-corrected chi connectivity index (χ2v) is 9.95. The van der Waals surface area contributed by atoms with Gasteiger partial charge in [0.05, 0.1) is 13.2 Å². The SMILES string of the molecule is COC(=O)NCCCc1cc([C@@H](C)N(C(=O)[C@H]2CCCCO2)C2CC2)sc1-c1cnc(N)nc1. The summed E-state index contributed by atoms with van der Waals surface area (Å²) in [7, 11) is 1.35. The number of rotatable bonds is 9. The van der Waals surface area contributed by atoms with Gasteiger partial charge < -0.3 is 25.4 Å². The number of nitrogens with zero attached hydrogens (tertiary/aromatic N) is 3. The number of aryl methyl sites for hydroxylation is 1. The van der Waals surface area contributed by atoms with Crippen molar-refractivity contribution in [3.63, 3.8) is 0 Å². The first-order valence-corrected chi connectivity index (χ1v) is 12.8. The van der Waals surface area contributed by atoms with E-state index in [4.69, 9.17) is 10.5 Å². The van der Waals surface area contributed by atoms with Crippen molar-refractivity contribution in [3.05, 3.63) is 28.9 Å². The van der Waals surface area contributed by atoms with Crippen molar-refractivity contribution >= 4 is 29.3 Å². The number of carbonyl (C=O) groups is 2. The van der Waals surface area contributed by atoms with Gasteiger partial charge >= 0.3 is 6.09 Å². The Morgan fingerprint density at radius 1 is 1.29 bits per heavy atom. The van der Waals surface area contributed by atoms with Gasteiger partial charge in [0.25, 0.3) is 5.91 Å². The molecule has 0 bridgehead atoms. The molecule has 2 atom stereocenters. The minimum absolute atomic E-state index is 0.0501. The molecule has 3 N–H and O–H groups in total. The largest absolute Gasteiger partial charge is 0.453 e. The molecule has 4 rings (SSSR count). The van der Waals surface area contributed by atoms with E-state index in [1.807, 2.05) is 4.90 Å². The molecule has 0 radical (unpaired) electrons. The van der Waals surface area contributed by atoms with Crippen LogP contribution >= 0.6 is 11.3 Å². The maximum Gasteiger partial charge on any atom is 0.406 e. The van der Waals surface area contributed by atoms with Crippen molar-refractivity contribution < 1.29 is 19.1 Å². The van der Waals surface area contributed by atoms with Crippen molar-refractivity contribution in [2.75, 3.05) is 26.0 Å². The van der Waals surface area contributed by atoms with Crippen molar-refractivity contribution in [3.8, 4) is 10.4 Å². The summed E-state index contributed by atoms with van der Waals surface area (Å²) in [6.07, 6.45) is 9.16. The number of methoxy groups -OCH3 is 1. The van der Waals surface area contributed by atoms with Gasteiger partial charge in [-0.25, -0.2) is 14.8 Å². The van der Waals surface area contributed by atoms with Crippen LogP contribution in [0.5, 0.6) is 0 Å². The Balaban J connectivity index is 1.56. The van der Waals surface area contributed by atoms with Gasteiger partial charge in [-0.3, -0.25) is 4.79 Å². The highest BCUT2D eigenvalue weighted by atomic mass is 32.1. The van der Waals surface area contributed by atoms with Crippen molar-refractivity contribution in [2.24, 2.45) is 0 Å². The molecule has 184 valence electrons. The number of amides is 2. The minimum Gasteiger partial charge on any atom is -0.453 e. The lowest BCUT2D eigenvalue weighted by Crippen LogP contribution is -2.44. The summed E-state index contributed by atoms with van der Waals surface area (Å²) < 4.78 is 10.5. The molecule has 0 unspecified atom stereocenters. The summed E-state index contributed by atoms with van der Waals surface area (Å²) in [4.78, 5) is 37.4. The van der Waals surface area contributed by atoms with E-state index in [2.05, 4.69) is 33.0 Å². The topological polar surface area (TPSA) is 120 Å². The molecule has 2 amide bonds. The van der Waals surface area contributed by atoms with Crippen LogP contribution in [0.15, 0.2) is 18.5 Å². The summed E-state index contributed by atoms with van der Waals surface area (Å²) >= 11 is 1.67. The fourth-order valence-corrected chi connectivity index (χ4v) is 5.60. The van der Waals surface area contributed by atoms with Crippen molar-refractivity contribution in [2.45, 2.75) is 70.1 Å². The number of aromatic nitrogens is 2. The Morgan fingerprint density at radius 2 is 2.06 bits per heavy atom. The van der Waals surface area contributed by atoms with E-state index < -0.39 is 6.09 Å². The average molecular weight is 488 g/mol. The van der Waals surface area contributed by atoms with Crippen LogP contribution in [0.25, 0.3) is 10.4 Å². The number of carbonyl (C=O) groups excluding carboxylic acids is 2. The molecule has 9 nitrogen and oxygen atoms in total. The van der Waals surface area contributed by atoms with Gasteiger partial charge in [0.2, 0.25) is 5.95 Å². The van der Waals surface area contributed by atoms with E-state index in [0.29, 0.717) is 13.2 Å². The molecular weight excluding hydrogens is 454 g/mol. The highest BCUT2D eigenvalue weighted by Gasteiger charge is 2.40. The molecule has 1 saturated carbocycles. The lowest BCUT2D eigenvalue weighted by molar-refractivity contribution is -0.149. The van der Waals surface area contributed by atoms with E-state index in [9.17, 15) is 9.59 Å². The molecule has 2 aliphatic rings. The highest BCUT2D eigenvalue weighted by molar-refractivity contribution is 7.15. The Labute approximate surface area is 204 Å². The lowest BCUT2D eigenvalue weighted by atomic mass is 10.0. The van der Waals surface area contributed by atoms with Crippen molar-refractivity contribution in [1.29, 1.82) is 0 Å². The van der Waals surface area contributed by atoms with Crippen molar-refractivity contribution in [1.82, 2.24) is 20.2 Å². The molecule has 2 aromatic rings. The predicted octanol–water partition coefficient (Wildman–Crippen LogP) is 3.70. The molecule has 0 spiro atoms. The molecule has 1 aliphatic heterocycles. The molecule has 10 heteroatoms. The quantitative estimate of drug-likeness (QED) is 0.518. The summed E-state index contributed by atoms with van der Waals surface area (Å²) in [5.41, 5.74) is 7.73. The number of thiophene rings is 1. The number of nitrogens with one attached hydrogen (secondary N) is 1. The number of hydrogen-bond acceptors (Lipinski definition) is 8. The summed E-state index contributed by atoms with van der Waals surface area (Å²) in [5.74, 6) is 0.347. The molecule has 2 fully saturated rings. The first kappa shape index (κ1) is 24.4. The predicted molar refractivity (Wildman–Crippen MR) is 130 cm³/mol. The van der Waals surface area contributed by atoms with Crippen LogP contribution in [0.1, 0.15) is 61.9 Å². The van der Waals surface area contributed by atoms with E-state index in [-0.39, 0.29) is 30.0 Å². The van der Waals surface area contributed by atoms with Gasteiger partial charge in [-0.15, -0.1) is 11.3 Å². The Kier molecular flexibility index (Phi) is 7.99. The normalized spacial score (nSPS) is 18.8. The molecular formula is C24H33N5O4S. The molecule has 34 heavy (non-hydrogen) atoms. The van der Waals surface area contributed by atoms with Crippen LogP contribution in [0.2, 0.25) is 0 Å². The van der Waals surface area contributed by atoms with Crippen LogP contribution in [-0.4, -0.2) is 59.3 Å². The van der Waals surface area contributed by atoms with Crippen LogP contribution < -0.4 is 11.1 Å². The molecule has 2 aromatic heterocycles. The maximum absolute atomic E-state index is 13.4. The summed E-state index contributed by atoms with van der Waals surface area (Å²) in [6.45, 7) is 3.28. The van der Waals surface area contributed by atoms with Gasteiger partial charge in [-0.1, -0.05) is 0 Å². The highest BCUT2D eigenvalue weighted by Crippen LogP contribution is 2.42. The third-order valence-corrected chi connectivity index (χ3v) is 7.72. The second-order valence-electron chi connectivity index (χ2n) is 8.86. The smallest absolute Gasteiger partial charge is 0.406 e. The molecule has 1 aliphatic carbocycles. The summed E-state index contributed by atoms with van der Waals surface area (Å²) in [6, 6.07) is 2.42. The van der Waals surface area contributed by atoms with Gasteiger partial charge in [0, 0.05) is 46.9 Å². The third-order valence-electron chi connectivity index (χ3n) is 6.32. The zero-order valence-electron chi connectivity index (χ0n) is 19.8. The first-order chi connectivity index (χ1) is 16.5. The Morgan fingerprint density at radius 3 is 2.71 bits per heavy atom. The second kappa shape index (κ2) is 11.1. The van der Waals surface area contributed by atoms with E-state index in [0.717, 1.165) is 65.8 Å². The number of alkyl carbamates (subject to hydrolysis) is 1. The fraction of sp³-hybridized carbons (Fsp3) is 0.583. The van der Waals surface area contributed by atoms with Crippen LogP contribution in [0.3, 0.4) is 0 Å². The van der Waals surface area contributed by atoms with Gasteiger partial charge in [-0.05, 0) is 63.5 Å². The molecule has 3 heterocycles. The number of nitrogens with two attached hydrogens (primary N) is 1.